The lowest BCUT2D eigenvalue weighted by atomic mass is 9.80. The van der Waals surface area contributed by atoms with Crippen LogP contribution < -0.4 is 5.32 Å². The fourth-order valence-corrected chi connectivity index (χ4v) is 3.46. The van der Waals surface area contributed by atoms with E-state index in [0.29, 0.717) is 19.8 Å². The van der Waals surface area contributed by atoms with Gasteiger partial charge in [-0.25, -0.2) is 8.78 Å². The van der Waals surface area contributed by atoms with E-state index in [1.54, 1.807) is 6.20 Å². The Bertz CT molecular complexity index is 451. The van der Waals surface area contributed by atoms with Crippen molar-refractivity contribution in [1.29, 1.82) is 0 Å². The lowest BCUT2D eigenvalue weighted by Crippen LogP contribution is -2.57. The maximum atomic E-state index is 12.8. The van der Waals surface area contributed by atoms with E-state index in [4.69, 9.17) is 4.74 Å². The summed E-state index contributed by atoms with van der Waals surface area (Å²) in [6, 6.07) is 5.80. The number of nitrogens with zero attached hydrogens (tertiary/aromatic N) is 2. The first-order chi connectivity index (χ1) is 10.2. The van der Waals surface area contributed by atoms with Crippen LogP contribution in [-0.2, 0) is 4.74 Å². The number of rotatable bonds is 3. The highest BCUT2D eigenvalue weighted by molar-refractivity contribution is 5.14. The number of halogens is 2. The van der Waals surface area contributed by atoms with Gasteiger partial charge in [0.1, 0.15) is 0 Å². The molecule has 6 heteroatoms. The minimum atomic E-state index is -2.31. The molecule has 0 aromatic carbocycles. The molecule has 0 aliphatic carbocycles. The van der Waals surface area contributed by atoms with Crippen molar-refractivity contribution in [2.45, 2.75) is 30.8 Å². The average molecular weight is 297 g/mol. The Kier molecular flexibility index (Phi) is 4.47. The second-order valence-corrected chi connectivity index (χ2v) is 5.96. The third-order valence-corrected chi connectivity index (χ3v) is 4.35. The second-order valence-electron chi connectivity index (χ2n) is 5.96. The molecule has 0 bridgehead atoms. The number of alkyl halides is 2. The molecule has 1 aromatic heterocycles. The van der Waals surface area contributed by atoms with E-state index in [1.807, 2.05) is 23.1 Å². The summed E-state index contributed by atoms with van der Waals surface area (Å²) in [5.41, 5.74) is 0.651. The molecule has 0 radical (unpaired) electrons. The van der Waals surface area contributed by atoms with Gasteiger partial charge in [0, 0.05) is 37.4 Å². The molecule has 0 saturated carbocycles. The molecule has 1 N–H and O–H groups in total. The number of pyridine rings is 1. The van der Waals surface area contributed by atoms with Gasteiger partial charge >= 0.3 is 0 Å². The van der Waals surface area contributed by atoms with Crippen molar-refractivity contribution in [3.05, 3.63) is 30.1 Å². The van der Waals surface area contributed by atoms with E-state index in [1.165, 1.54) is 0 Å². The molecule has 2 saturated heterocycles. The SMILES string of the molecule is FC(F)CN1CC(c2ccccn2)CC2(CCNCO2)C1. The first-order valence-electron chi connectivity index (χ1n) is 7.43. The molecule has 1 aromatic rings. The standard InChI is InChI=1S/C15H21F2N3O/c16-14(17)9-20-8-12(13-3-1-2-5-19-13)7-15(10-20)4-6-18-11-21-15/h1-3,5,12,14,18H,4,6-11H2. The minimum Gasteiger partial charge on any atom is -0.358 e. The molecule has 1 spiro atoms. The monoisotopic (exact) mass is 297 g/mol. The third kappa shape index (κ3) is 3.56. The second kappa shape index (κ2) is 6.34. The van der Waals surface area contributed by atoms with Crippen molar-refractivity contribution >= 4 is 0 Å². The van der Waals surface area contributed by atoms with Crippen LogP contribution in [0.4, 0.5) is 8.78 Å². The third-order valence-electron chi connectivity index (χ3n) is 4.35. The normalized spacial score (nSPS) is 30.9. The van der Waals surface area contributed by atoms with Gasteiger partial charge in [0.25, 0.3) is 6.43 Å². The van der Waals surface area contributed by atoms with Crippen LogP contribution in [0.1, 0.15) is 24.5 Å². The van der Waals surface area contributed by atoms with Crippen LogP contribution in [0, 0.1) is 0 Å². The van der Waals surface area contributed by atoms with Gasteiger partial charge in [0.2, 0.25) is 0 Å². The van der Waals surface area contributed by atoms with E-state index in [2.05, 4.69) is 10.3 Å². The fourth-order valence-electron chi connectivity index (χ4n) is 3.46. The van der Waals surface area contributed by atoms with Crippen LogP contribution in [0.5, 0.6) is 0 Å². The van der Waals surface area contributed by atoms with Crippen molar-refractivity contribution in [2.24, 2.45) is 0 Å². The quantitative estimate of drug-likeness (QED) is 0.924. The molecule has 2 aliphatic rings. The molecule has 4 nitrogen and oxygen atoms in total. The van der Waals surface area contributed by atoms with Gasteiger partial charge in [0.05, 0.1) is 18.9 Å². The summed E-state index contributed by atoms with van der Waals surface area (Å²) in [6.07, 6.45) is 1.16. The molecular weight excluding hydrogens is 276 g/mol. The zero-order chi connectivity index (χ0) is 14.7. The molecule has 3 heterocycles. The molecule has 21 heavy (non-hydrogen) atoms. The Morgan fingerprint density at radius 3 is 3.05 bits per heavy atom. The van der Waals surface area contributed by atoms with Gasteiger partial charge in [-0.1, -0.05) is 6.07 Å². The number of hydrogen-bond acceptors (Lipinski definition) is 4. The van der Waals surface area contributed by atoms with Gasteiger partial charge < -0.3 is 4.74 Å². The van der Waals surface area contributed by atoms with E-state index >= 15 is 0 Å². The summed E-state index contributed by atoms with van der Waals surface area (Å²) in [5.74, 6) is 0.150. The summed E-state index contributed by atoms with van der Waals surface area (Å²) in [5, 5.41) is 3.16. The Morgan fingerprint density at radius 1 is 1.48 bits per heavy atom. The Hall–Kier alpha value is -1.11. The van der Waals surface area contributed by atoms with E-state index in [-0.39, 0.29) is 18.1 Å². The Labute approximate surface area is 123 Å². The zero-order valence-electron chi connectivity index (χ0n) is 12.0. The number of ether oxygens (including phenoxy) is 1. The van der Waals surface area contributed by atoms with Crippen LogP contribution in [0.3, 0.4) is 0 Å². The maximum absolute atomic E-state index is 12.8. The van der Waals surface area contributed by atoms with Crippen LogP contribution in [-0.4, -0.2) is 54.8 Å². The molecule has 2 aliphatic heterocycles. The van der Waals surface area contributed by atoms with E-state index < -0.39 is 6.43 Å². The van der Waals surface area contributed by atoms with Crippen molar-refractivity contribution in [2.75, 3.05) is 32.9 Å². The fraction of sp³-hybridized carbons (Fsp3) is 0.667. The summed E-state index contributed by atoms with van der Waals surface area (Å²) < 4.78 is 31.5. The highest BCUT2D eigenvalue weighted by Crippen LogP contribution is 2.37. The summed E-state index contributed by atoms with van der Waals surface area (Å²) in [6.45, 7) is 2.39. The van der Waals surface area contributed by atoms with Crippen molar-refractivity contribution in [3.63, 3.8) is 0 Å². The van der Waals surface area contributed by atoms with Crippen LogP contribution in [0.2, 0.25) is 0 Å². The van der Waals surface area contributed by atoms with Crippen LogP contribution in [0.15, 0.2) is 24.4 Å². The highest BCUT2D eigenvalue weighted by Gasteiger charge is 2.43. The minimum absolute atomic E-state index is 0.150. The molecule has 2 atom stereocenters. The number of likely N-dealkylation sites (tertiary alicyclic amines) is 1. The van der Waals surface area contributed by atoms with Gasteiger partial charge in [-0.15, -0.1) is 0 Å². The van der Waals surface area contributed by atoms with Crippen LogP contribution in [0.25, 0.3) is 0 Å². The summed E-state index contributed by atoms with van der Waals surface area (Å²) >= 11 is 0. The molecule has 2 unspecified atom stereocenters. The number of hydrogen-bond donors (Lipinski definition) is 1. The first-order valence-corrected chi connectivity index (χ1v) is 7.43. The zero-order valence-corrected chi connectivity index (χ0v) is 12.0. The van der Waals surface area contributed by atoms with Gasteiger partial charge in [-0.05, 0) is 25.0 Å². The predicted octanol–water partition coefficient (Wildman–Crippen LogP) is 1.84. The lowest BCUT2D eigenvalue weighted by Gasteiger charge is -2.47. The summed E-state index contributed by atoms with van der Waals surface area (Å²) in [4.78, 5) is 6.24. The van der Waals surface area contributed by atoms with Gasteiger partial charge in [0.15, 0.2) is 0 Å². The van der Waals surface area contributed by atoms with E-state index in [0.717, 1.165) is 25.1 Å². The van der Waals surface area contributed by atoms with Crippen molar-refractivity contribution < 1.29 is 13.5 Å². The number of aromatic nitrogens is 1. The maximum Gasteiger partial charge on any atom is 0.251 e. The van der Waals surface area contributed by atoms with Crippen LogP contribution >= 0.6 is 0 Å². The smallest absolute Gasteiger partial charge is 0.251 e. The Balaban J connectivity index is 1.80. The van der Waals surface area contributed by atoms with Gasteiger partial charge in [-0.2, -0.15) is 0 Å². The first kappa shape index (κ1) is 14.8. The summed E-state index contributed by atoms with van der Waals surface area (Å²) in [7, 11) is 0. The topological polar surface area (TPSA) is 37.4 Å². The number of piperidine rings is 1. The van der Waals surface area contributed by atoms with Crippen molar-refractivity contribution in [1.82, 2.24) is 15.2 Å². The molecule has 3 rings (SSSR count). The highest BCUT2D eigenvalue weighted by atomic mass is 19.3. The molecular formula is C15H21F2N3O. The predicted molar refractivity (Wildman–Crippen MR) is 75.3 cm³/mol. The average Bonchev–Trinajstić information content (AvgIpc) is 2.48. The largest absolute Gasteiger partial charge is 0.358 e. The number of nitrogens with one attached hydrogen (secondary N) is 1. The molecule has 116 valence electrons. The molecule has 2 fully saturated rings. The van der Waals surface area contributed by atoms with E-state index in [9.17, 15) is 8.78 Å². The van der Waals surface area contributed by atoms with Crippen molar-refractivity contribution in [3.8, 4) is 0 Å². The van der Waals surface area contributed by atoms with Gasteiger partial charge in [-0.3, -0.25) is 15.2 Å². The lowest BCUT2D eigenvalue weighted by molar-refractivity contribution is -0.130. The molecule has 0 amide bonds. The Morgan fingerprint density at radius 2 is 2.38 bits per heavy atom.